The van der Waals surface area contributed by atoms with Gasteiger partial charge in [0.25, 0.3) is 10.2 Å². The van der Waals surface area contributed by atoms with Gasteiger partial charge in [-0.3, -0.25) is 4.90 Å². The molecule has 1 aromatic rings. The zero-order chi connectivity index (χ0) is 17.0. The third kappa shape index (κ3) is 5.12. The highest BCUT2D eigenvalue weighted by Crippen LogP contribution is 2.32. The summed E-state index contributed by atoms with van der Waals surface area (Å²) in [5.74, 6) is -0.412. The van der Waals surface area contributed by atoms with Crippen molar-refractivity contribution in [2.45, 2.75) is 38.8 Å². The number of hydrogen-bond donors (Lipinski definition) is 2. The van der Waals surface area contributed by atoms with Crippen LogP contribution in [0.4, 0.5) is 4.39 Å². The van der Waals surface area contributed by atoms with Gasteiger partial charge in [0.1, 0.15) is 5.82 Å². The fourth-order valence-electron chi connectivity index (χ4n) is 2.84. The van der Waals surface area contributed by atoms with E-state index in [1.165, 1.54) is 6.07 Å². The highest BCUT2D eigenvalue weighted by atomic mass is 35.5. The lowest BCUT2D eigenvalue weighted by Gasteiger charge is -2.29. The summed E-state index contributed by atoms with van der Waals surface area (Å²) in [4.78, 5) is 2.07. The Hall–Kier alpha value is -0.730. The molecule has 1 aromatic carbocycles. The van der Waals surface area contributed by atoms with Crippen molar-refractivity contribution in [2.24, 2.45) is 0 Å². The Bertz CT molecular complexity index is 613. The molecule has 0 aromatic heterocycles. The molecular weight excluding hydrogens is 341 g/mol. The van der Waals surface area contributed by atoms with Crippen molar-refractivity contribution >= 4 is 21.8 Å². The van der Waals surface area contributed by atoms with Gasteiger partial charge >= 0.3 is 0 Å². The first-order valence-electron chi connectivity index (χ1n) is 7.75. The lowest BCUT2D eigenvalue weighted by Crippen LogP contribution is -2.44. The zero-order valence-corrected chi connectivity index (χ0v) is 14.9. The van der Waals surface area contributed by atoms with Crippen LogP contribution < -0.4 is 9.44 Å². The maximum absolute atomic E-state index is 14.3. The third-order valence-corrected chi connectivity index (χ3v) is 5.43. The summed E-state index contributed by atoms with van der Waals surface area (Å²) in [6, 6.07) is 3.90. The molecule has 1 saturated heterocycles. The van der Waals surface area contributed by atoms with Gasteiger partial charge in [0.2, 0.25) is 0 Å². The summed E-state index contributed by atoms with van der Waals surface area (Å²) < 4.78 is 43.2. The van der Waals surface area contributed by atoms with Crippen LogP contribution in [0.1, 0.15) is 38.3 Å². The second-order valence-electron chi connectivity index (χ2n) is 6.02. The third-order valence-electron chi connectivity index (χ3n) is 3.77. The lowest BCUT2D eigenvalue weighted by atomic mass is 10.0. The first-order valence-corrected chi connectivity index (χ1v) is 9.61. The van der Waals surface area contributed by atoms with Gasteiger partial charge in [0.05, 0.1) is 6.04 Å². The number of likely N-dealkylation sites (tertiary alicyclic amines) is 1. The van der Waals surface area contributed by atoms with Gasteiger partial charge in [-0.05, 0) is 51.9 Å². The first-order chi connectivity index (χ1) is 10.8. The van der Waals surface area contributed by atoms with E-state index in [-0.39, 0.29) is 12.6 Å². The number of halogens is 2. The van der Waals surface area contributed by atoms with E-state index in [9.17, 15) is 12.8 Å². The Morgan fingerprint density at radius 2 is 1.96 bits per heavy atom. The van der Waals surface area contributed by atoms with E-state index >= 15 is 0 Å². The maximum Gasteiger partial charge on any atom is 0.277 e. The van der Waals surface area contributed by atoms with E-state index in [0.29, 0.717) is 10.6 Å². The predicted octanol–water partition coefficient (Wildman–Crippen LogP) is 2.45. The van der Waals surface area contributed by atoms with E-state index in [4.69, 9.17) is 11.6 Å². The summed E-state index contributed by atoms with van der Waals surface area (Å²) in [6.45, 7) is 5.15. The van der Waals surface area contributed by atoms with Crippen LogP contribution in [0.15, 0.2) is 18.2 Å². The van der Waals surface area contributed by atoms with Crippen LogP contribution in [0.5, 0.6) is 0 Å². The van der Waals surface area contributed by atoms with E-state index in [1.807, 2.05) is 0 Å². The van der Waals surface area contributed by atoms with Gasteiger partial charge in [-0.2, -0.15) is 13.1 Å². The molecule has 0 radical (unpaired) electrons. The van der Waals surface area contributed by atoms with Crippen molar-refractivity contribution in [3.63, 3.8) is 0 Å². The smallest absolute Gasteiger partial charge is 0.277 e. The molecule has 2 rings (SSSR count). The molecule has 1 aliphatic rings. The van der Waals surface area contributed by atoms with Crippen molar-refractivity contribution in [3.8, 4) is 0 Å². The maximum atomic E-state index is 14.3. The van der Waals surface area contributed by atoms with Crippen molar-refractivity contribution in [2.75, 3.05) is 19.6 Å². The average molecular weight is 364 g/mol. The van der Waals surface area contributed by atoms with Gasteiger partial charge in [-0.15, -0.1) is 0 Å². The van der Waals surface area contributed by atoms with Crippen LogP contribution in [-0.2, 0) is 10.2 Å². The summed E-state index contributed by atoms with van der Waals surface area (Å²) in [7, 11) is -3.63. The number of nitrogens with zero attached hydrogens (tertiary/aromatic N) is 1. The van der Waals surface area contributed by atoms with E-state index in [0.717, 1.165) is 25.9 Å². The number of benzene rings is 1. The normalized spacial score (nSPS) is 17.8. The molecule has 1 atom stereocenters. The quantitative estimate of drug-likeness (QED) is 0.782. The Labute approximate surface area is 142 Å². The predicted molar refractivity (Wildman–Crippen MR) is 90.2 cm³/mol. The number of hydrogen-bond acceptors (Lipinski definition) is 3. The van der Waals surface area contributed by atoms with E-state index in [2.05, 4.69) is 14.3 Å². The van der Waals surface area contributed by atoms with Gasteiger partial charge < -0.3 is 0 Å². The second-order valence-corrected chi connectivity index (χ2v) is 7.96. The number of nitrogens with one attached hydrogen (secondary N) is 2. The molecule has 23 heavy (non-hydrogen) atoms. The summed E-state index contributed by atoms with van der Waals surface area (Å²) in [6.07, 6.45) is 2.03. The molecule has 0 aliphatic carbocycles. The molecule has 5 nitrogen and oxygen atoms in total. The Balaban J connectivity index is 2.22. The van der Waals surface area contributed by atoms with Crippen LogP contribution in [0.3, 0.4) is 0 Å². The van der Waals surface area contributed by atoms with Crippen LogP contribution in [0.2, 0.25) is 5.02 Å². The molecule has 0 spiro atoms. The lowest BCUT2D eigenvalue weighted by molar-refractivity contribution is 0.241. The largest absolute Gasteiger partial charge is 0.295 e. The fourth-order valence-corrected chi connectivity index (χ4v) is 4.21. The minimum atomic E-state index is -3.63. The van der Waals surface area contributed by atoms with Crippen molar-refractivity contribution in [1.29, 1.82) is 0 Å². The molecule has 0 saturated carbocycles. The standard InChI is InChI=1S/C15H23ClFN3O2S/c1-11(2)19-23(21,22)18-10-14(20-8-3-4-9-20)15-12(16)6-5-7-13(15)17/h5-7,11,14,18-19H,3-4,8-10H2,1-2H3. The SMILES string of the molecule is CC(C)NS(=O)(=O)NCC(c1c(F)cccc1Cl)N1CCCC1. The summed E-state index contributed by atoms with van der Waals surface area (Å²) >= 11 is 6.18. The Kier molecular flexibility index (Phi) is 6.39. The molecule has 1 heterocycles. The average Bonchev–Trinajstić information content (AvgIpc) is 2.94. The number of rotatable bonds is 7. The summed E-state index contributed by atoms with van der Waals surface area (Å²) in [5.41, 5.74) is 0.350. The van der Waals surface area contributed by atoms with Crippen molar-refractivity contribution in [3.05, 3.63) is 34.6 Å². The van der Waals surface area contributed by atoms with Crippen LogP contribution >= 0.6 is 11.6 Å². The van der Waals surface area contributed by atoms with Crippen molar-refractivity contribution in [1.82, 2.24) is 14.3 Å². The molecule has 8 heteroatoms. The van der Waals surface area contributed by atoms with E-state index in [1.54, 1.807) is 26.0 Å². The van der Waals surface area contributed by atoms with Crippen LogP contribution in [-0.4, -0.2) is 39.0 Å². The fraction of sp³-hybridized carbons (Fsp3) is 0.600. The van der Waals surface area contributed by atoms with Gasteiger partial charge in [0, 0.05) is 23.2 Å². The zero-order valence-electron chi connectivity index (χ0n) is 13.4. The molecule has 1 fully saturated rings. The Morgan fingerprint density at radius 3 is 2.52 bits per heavy atom. The minimum Gasteiger partial charge on any atom is -0.295 e. The molecule has 130 valence electrons. The van der Waals surface area contributed by atoms with Crippen LogP contribution in [0, 0.1) is 5.82 Å². The minimum absolute atomic E-state index is 0.0721. The molecule has 2 N–H and O–H groups in total. The van der Waals surface area contributed by atoms with Crippen LogP contribution in [0.25, 0.3) is 0 Å². The summed E-state index contributed by atoms with van der Waals surface area (Å²) in [5, 5.41) is 0.318. The van der Waals surface area contributed by atoms with E-state index < -0.39 is 22.1 Å². The topological polar surface area (TPSA) is 61.4 Å². The molecule has 0 amide bonds. The highest BCUT2D eigenvalue weighted by molar-refractivity contribution is 7.87. The first kappa shape index (κ1) is 18.6. The Morgan fingerprint density at radius 1 is 1.30 bits per heavy atom. The van der Waals surface area contributed by atoms with Gasteiger partial charge in [0.15, 0.2) is 0 Å². The molecule has 0 bridgehead atoms. The van der Waals surface area contributed by atoms with Gasteiger partial charge in [-0.25, -0.2) is 9.11 Å². The second kappa shape index (κ2) is 7.90. The van der Waals surface area contributed by atoms with Gasteiger partial charge in [-0.1, -0.05) is 17.7 Å². The van der Waals surface area contributed by atoms with Crippen molar-refractivity contribution < 1.29 is 12.8 Å². The molecule has 1 aliphatic heterocycles. The molecule has 1 unspecified atom stereocenters. The monoisotopic (exact) mass is 363 g/mol. The molecular formula is C15H23ClFN3O2S. The highest BCUT2D eigenvalue weighted by Gasteiger charge is 2.29.